The van der Waals surface area contributed by atoms with Crippen LogP contribution in [-0.4, -0.2) is 30.6 Å². The molecule has 0 radical (unpaired) electrons. The van der Waals surface area contributed by atoms with Gasteiger partial charge in [-0.2, -0.15) is 0 Å². The van der Waals surface area contributed by atoms with Crippen LogP contribution in [0.2, 0.25) is 0 Å². The van der Waals surface area contributed by atoms with Crippen LogP contribution < -0.4 is 16.4 Å². The fraction of sp³-hybridized carbons (Fsp3) is 0.235. The average molecular weight is 361 g/mol. The van der Waals surface area contributed by atoms with E-state index in [1.54, 1.807) is 0 Å². The fourth-order valence-electron chi connectivity index (χ4n) is 2.10. The van der Waals surface area contributed by atoms with E-state index in [9.17, 15) is 14.4 Å². The van der Waals surface area contributed by atoms with Crippen LogP contribution in [0.25, 0.3) is 0 Å². The van der Waals surface area contributed by atoms with Crippen LogP contribution in [0.4, 0.5) is 4.79 Å². The fourth-order valence-corrected chi connectivity index (χ4v) is 2.75. The molecule has 8 heteroatoms. The van der Waals surface area contributed by atoms with Crippen molar-refractivity contribution in [3.8, 4) is 0 Å². The van der Waals surface area contributed by atoms with Crippen LogP contribution in [0.5, 0.6) is 0 Å². The Morgan fingerprint density at radius 1 is 1.12 bits per heavy atom. The number of ether oxygens (including phenoxy) is 1. The minimum Gasteiger partial charge on any atom is -0.454 e. The van der Waals surface area contributed by atoms with Crippen LogP contribution >= 0.6 is 11.3 Å². The molecule has 4 N–H and O–H groups in total. The summed E-state index contributed by atoms with van der Waals surface area (Å²) in [6.45, 7) is -0.0447. The van der Waals surface area contributed by atoms with E-state index >= 15 is 0 Å². The highest BCUT2D eigenvalue weighted by molar-refractivity contribution is 7.09. The first-order valence-corrected chi connectivity index (χ1v) is 8.48. The number of primary amides is 1. The average Bonchev–Trinajstić information content (AvgIpc) is 3.11. The number of thiophene rings is 1. The zero-order valence-corrected chi connectivity index (χ0v) is 14.3. The summed E-state index contributed by atoms with van der Waals surface area (Å²) >= 11 is 1.52. The number of esters is 1. The molecule has 0 aliphatic carbocycles. The molecule has 0 saturated carbocycles. The first-order chi connectivity index (χ1) is 12.0. The number of hydrogen-bond donors (Lipinski definition) is 3. The highest BCUT2D eigenvalue weighted by Crippen LogP contribution is 2.07. The zero-order valence-electron chi connectivity index (χ0n) is 13.4. The Bertz CT molecular complexity index is 704. The summed E-state index contributed by atoms with van der Waals surface area (Å²) < 4.78 is 4.99. The van der Waals surface area contributed by atoms with E-state index in [2.05, 4.69) is 10.6 Å². The Morgan fingerprint density at radius 3 is 2.52 bits per heavy atom. The monoisotopic (exact) mass is 361 g/mol. The Hall–Kier alpha value is -2.87. The first kappa shape index (κ1) is 18.5. The molecule has 0 unspecified atom stereocenters. The van der Waals surface area contributed by atoms with Crippen LogP contribution in [-0.2, 0) is 27.3 Å². The summed E-state index contributed by atoms with van der Waals surface area (Å²) in [5.41, 5.74) is 5.94. The third kappa shape index (κ3) is 6.64. The van der Waals surface area contributed by atoms with E-state index < -0.39 is 30.6 Å². The summed E-state index contributed by atoms with van der Waals surface area (Å²) in [5, 5.41) is 6.90. The first-order valence-electron chi connectivity index (χ1n) is 7.60. The maximum atomic E-state index is 12.2. The second-order valence-corrected chi connectivity index (χ2v) is 6.25. The molecule has 0 fully saturated rings. The van der Waals surface area contributed by atoms with Crippen LogP contribution in [0, 0.1) is 0 Å². The van der Waals surface area contributed by atoms with Gasteiger partial charge >= 0.3 is 12.0 Å². The lowest BCUT2D eigenvalue weighted by atomic mass is 10.1. The smallest absolute Gasteiger partial charge is 0.329 e. The molecule has 1 aromatic carbocycles. The number of benzene rings is 1. The van der Waals surface area contributed by atoms with E-state index in [1.807, 2.05) is 47.8 Å². The second-order valence-electron chi connectivity index (χ2n) is 5.21. The number of rotatable bonds is 8. The van der Waals surface area contributed by atoms with Crippen LogP contribution in [0.15, 0.2) is 47.8 Å². The molecule has 1 aromatic heterocycles. The Kier molecular flexibility index (Phi) is 6.97. The molecule has 25 heavy (non-hydrogen) atoms. The molecule has 3 amide bonds. The topological polar surface area (TPSA) is 111 Å². The van der Waals surface area contributed by atoms with Crippen molar-refractivity contribution in [1.82, 2.24) is 10.6 Å². The molecule has 2 aromatic rings. The Labute approximate surface area is 149 Å². The van der Waals surface area contributed by atoms with Gasteiger partial charge in [-0.3, -0.25) is 4.79 Å². The summed E-state index contributed by atoms with van der Waals surface area (Å²) in [7, 11) is 0. The molecule has 2 rings (SSSR count). The van der Waals surface area contributed by atoms with E-state index in [1.165, 1.54) is 11.3 Å². The molecule has 1 heterocycles. The van der Waals surface area contributed by atoms with E-state index in [4.69, 9.17) is 10.5 Å². The predicted molar refractivity (Wildman–Crippen MR) is 93.8 cm³/mol. The molecular formula is C17H19N3O4S. The summed E-state index contributed by atoms with van der Waals surface area (Å²) in [6.07, 6.45) is 0.222. The van der Waals surface area contributed by atoms with E-state index in [-0.39, 0.29) is 6.42 Å². The van der Waals surface area contributed by atoms with Gasteiger partial charge in [0.05, 0.1) is 6.54 Å². The number of carbonyl (C=O) groups excluding carboxylic acids is 3. The minimum atomic E-state index is -0.954. The van der Waals surface area contributed by atoms with Crippen molar-refractivity contribution >= 4 is 29.2 Å². The molecule has 1 atom stereocenters. The molecule has 7 nitrogen and oxygen atoms in total. The van der Waals surface area contributed by atoms with Gasteiger partial charge in [0.15, 0.2) is 6.61 Å². The van der Waals surface area contributed by atoms with Gasteiger partial charge in [-0.25, -0.2) is 9.59 Å². The highest BCUT2D eigenvalue weighted by atomic mass is 32.1. The van der Waals surface area contributed by atoms with Gasteiger partial charge in [-0.05, 0) is 17.0 Å². The molecule has 0 aliphatic rings. The Balaban J connectivity index is 1.83. The molecule has 0 bridgehead atoms. The number of amides is 3. The van der Waals surface area contributed by atoms with Crippen molar-refractivity contribution in [3.63, 3.8) is 0 Å². The molecule has 0 saturated heterocycles. The van der Waals surface area contributed by atoms with Gasteiger partial charge in [0.2, 0.25) is 0 Å². The van der Waals surface area contributed by atoms with Gasteiger partial charge in [0.25, 0.3) is 5.91 Å². The van der Waals surface area contributed by atoms with E-state index in [0.29, 0.717) is 6.54 Å². The quantitative estimate of drug-likeness (QED) is 0.613. The standard InChI is InChI=1S/C17H19N3O4S/c18-17(23)20-14(9-12-5-2-1-3-6-12)16(22)24-11-15(21)19-10-13-7-4-8-25-13/h1-8,14H,9-11H2,(H,19,21)(H3,18,20,23)/t14-/m0/s1. The zero-order chi connectivity index (χ0) is 18.1. The number of urea groups is 1. The van der Waals surface area contributed by atoms with Gasteiger partial charge in [0.1, 0.15) is 6.04 Å². The van der Waals surface area contributed by atoms with Crippen molar-refractivity contribution in [2.45, 2.75) is 19.0 Å². The van der Waals surface area contributed by atoms with Crippen molar-refractivity contribution in [3.05, 3.63) is 58.3 Å². The summed E-state index contributed by atoms with van der Waals surface area (Å²) in [5.74, 6) is -1.13. The van der Waals surface area contributed by atoms with Crippen LogP contribution in [0.1, 0.15) is 10.4 Å². The highest BCUT2D eigenvalue weighted by Gasteiger charge is 2.22. The maximum absolute atomic E-state index is 12.2. The summed E-state index contributed by atoms with van der Waals surface area (Å²) in [4.78, 5) is 36.0. The van der Waals surface area contributed by atoms with Crippen molar-refractivity contribution < 1.29 is 19.1 Å². The number of nitrogens with two attached hydrogens (primary N) is 1. The van der Waals surface area contributed by atoms with Gasteiger partial charge in [0, 0.05) is 11.3 Å². The number of nitrogens with one attached hydrogen (secondary N) is 2. The molecule has 0 spiro atoms. The van der Waals surface area contributed by atoms with Crippen molar-refractivity contribution in [1.29, 1.82) is 0 Å². The maximum Gasteiger partial charge on any atom is 0.329 e. The minimum absolute atomic E-state index is 0.222. The number of hydrogen-bond acceptors (Lipinski definition) is 5. The summed E-state index contributed by atoms with van der Waals surface area (Å²) in [6, 6.07) is 11.1. The second kappa shape index (κ2) is 9.43. The third-order valence-electron chi connectivity index (χ3n) is 3.27. The molecular weight excluding hydrogens is 342 g/mol. The van der Waals surface area contributed by atoms with Gasteiger partial charge in [-0.1, -0.05) is 36.4 Å². The lowest BCUT2D eigenvalue weighted by Crippen LogP contribution is -2.46. The predicted octanol–water partition coefficient (Wildman–Crippen LogP) is 1.19. The van der Waals surface area contributed by atoms with Gasteiger partial charge < -0.3 is 21.1 Å². The SMILES string of the molecule is NC(=O)N[C@@H](Cc1ccccc1)C(=O)OCC(=O)NCc1cccs1. The largest absolute Gasteiger partial charge is 0.454 e. The van der Waals surface area contributed by atoms with E-state index in [0.717, 1.165) is 10.4 Å². The van der Waals surface area contributed by atoms with Crippen molar-refractivity contribution in [2.75, 3.05) is 6.61 Å². The lowest BCUT2D eigenvalue weighted by molar-refractivity contribution is -0.150. The molecule has 0 aliphatic heterocycles. The lowest BCUT2D eigenvalue weighted by Gasteiger charge is -2.16. The number of carbonyl (C=O) groups is 3. The Morgan fingerprint density at radius 2 is 1.88 bits per heavy atom. The van der Waals surface area contributed by atoms with Gasteiger partial charge in [-0.15, -0.1) is 11.3 Å². The normalized spacial score (nSPS) is 11.4. The van der Waals surface area contributed by atoms with Crippen molar-refractivity contribution in [2.24, 2.45) is 5.73 Å². The third-order valence-corrected chi connectivity index (χ3v) is 4.15. The van der Waals surface area contributed by atoms with Crippen LogP contribution in [0.3, 0.4) is 0 Å². The molecule has 132 valence electrons.